The van der Waals surface area contributed by atoms with E-state index in [1.807, 2.05) is 24.7 Å². The number of aryl methyl sites for hydroxylation is 1. The van der Waals surface area contributed by atoms with Gasteiger partial charge >= 0.3 is 0 Å². The largest absolute Gasteiger partial charge is 0.489 e. The molecule has 0 fully saturated rings. The van der Waals surface area contributed by atoms with Crippen molar-refractivity contribution in [2.45, 2.75) is 6.92 Å². The smallest absolute Gasteiger partial charge is 0.176 e. The Morgan fingerprint density at radius 2 is 2.58 bits per heavy atom. The number of rotatable bonds is 3. The fourth-order valence-electron chi connectivity index (χ4n) is 0.903. The summed E-state index contributed by atoms with van der Waals surface area (Å²) in [5.74, 6) is 1.35. The van der Waals surface area contributed by atoms with Crippen LogP contribution in [0.1, 0.15) is 12.7 Å². The molecule has 0 aliphatic heterocycles. The van der Waals surface area contributed by atoms with Gasteiger partial charge in [-0.3, -0.25) is 0 Å². The molecule has 0 amide bonds. The van der Waals surface area contributed by atoms with Gasteiger partial charge in [-0.1, -0.05) is 11.6 Å². The molecule has 1 aromatic heterocycles. The Morgan fingerprint density at radius 1 is 1.83 bits per heavy atom. The van der Waals surface area contributed by atoms with Crippen molar-refractivity contribution >= 4 is 17.4 Å². The highest BCUT2D eigenvalue weighted by Gasteiger charge is 2.05. The summed E-state index contributed by atoms with van der Waals surface area (Å²) >= 11 is 5.57. The van der Waals surface area contributed by atoms with Gasteiger partial charge in [-0.05, 0) is 6.92 Å². The first-order valence-electron chi connectivity index (χ1n) is 3.70. The van der Waals surface area contributed by atoms with Crippen LogP contribution in [0.25, 0.3) is 5.76 Å². The summed E-state index contributed by atoms with van der Waals surface area (Å²) in [7, 11) is 1.89. The third kappa shape index (κ3) is 1.80. The van der Waals surface area contributed by atoms with Crippen molar-refractivity contribution in [3.63, 3.8) is 0 Å². The van der Waals surface area contributed by atoms with Gasteiger partial charge in [-0.25, -0.2) is 4.98 Å². The molecule has 4 heteroatoms. The van der Waals surface area contributed by atoms with E-state index in [1.165, 1.54) is 5.54 Å². The molecule has 3 nitrogen and oxygen atoms in total. The van der Waals surface area contributed by atoms with E-state index in [0.29, 0.717) is 12.4 Å². The van der Waals surface area contributed by atoms with Gasteiger partial charge in [0.2, 0.25) is 0 Å². The Balaban J connectivity index is 2.88. The van der Waals surface area contributed by atoms with Crippen molar-refractivity contribution in [1.82, 2.24) is 9.55 Å². The Morgan fingerprint density at radius 3 is 3.00 bits per heavy atom. The highest BCUT2D eigenvalue weighted by molar-refractivity contribution is 6.27. The van der Waals surface area contributed by atoms with Gasteiger partial charge in [0.15, 0.2) is 11.6 Å². The molecule has 0 aromatic carbocycles. The lowest BCUT2D eigenvalue weighted by atomic mass is 10.5. The van der Waals surface area contributed by atoms with Crippen LogP contribution in [0.2, 0.25) is 0 Å². The molecule has 0 atom stereocenters. The second-order valence-corrected chi connectivity index (χ2v) is 2.49. The van der Waals surface area contributed by atoms with Crippen LogP contribution < -0.4 is 0 Å². The Labute approximate surface area is 76.6 Å². The van der Waals surface area contributed by atoms with Gasteiger partial charge in [0.25, 0.3) is 0 Å². The molecule has 66 valence electrons. The average molecular weight is 187 g/mol. The monoisotopic (exact) mass is 186 g/mol. The molecule has 0 saturated heterocycles. The van der Waals surface area contributed by atoms with Gasteiger partial charge < -0.3 is 9.30 Å². The number of halogens is 1. The fraction of sp³-hybridized carbons (Fsp3) is 0.375. The third-order valence-corrected chi connectivity index (χ3v) is 1.64. The first-order valence-corrected chi connectivity index (χ1v) is 4.14. The quantitative estimate of drug-likeness (QED) is 0.676. The van der Waals surface area contributed by atoms with E-state index in [-0.39, 0.29) is 0 Å². The van der Waals surface area contributed by atoms with Crippen molar-refractivity contribution in [1.29, 1.82) is 0 Å². The summed E-state index contributed by atoms with van der Waals surface area (Å²) in [6.07, 6.45) is 3.55. The van der Waals surface area contributed by atoms with Crippen LogP contribution in [-0.4, -0.2) is 16.2 Å². The number of imidazole rings is 1. The zero-order valence-electron chi connectivity index (χ0n) is 7.12. The summed E-state index contributed by atoms with van der Waals surface area (Å²) in [5.41, 5.74) is 1.39. The molecule has 0 aliphatic carbocycles. The Hall–Kier alpha value is -0.960. The third-order valence-electron chi connectivity index (χ3n) is 1.44. The maximum Gasteiger partial charge on any atom is 0.176 e. The standard InChI is InChI=1S/C8H11ClN2O/c1-3-12-7(6-9)8-10-4-5-11(8)2/h4-6H,3H2,1-2H3/b7-6+. The molecule has 1 rings (SSSR count). The van der Waals surface area contributed by atoms with Gasteiger partial charge in [0.1, 0.15) is 0 Å². The Bertz CT molecular complexity index is 280. The van der Waals surface area contributed by atoms with E-state index in [1.54, 1.807) is 6.20 Å². The minimum absolute atomic E-state index is 0.589. The number of hydrogen-bond donors (Lipinski definition) is 0. The van der Waals surface area contributed by atoms with Crippen molar-refractivity contribution in [2.24, 2.45) is 7.05 Å². The van der Waals surface area contributed by atoms with Gasteiger partial charge in [0, 0.05) is 19.4 Å². The fourth-order valence-corrected chi connectivity index (χ4v) is 1.06. The first-order chi connectivity index (χ1) is 5.79. The van der Waals surface area contributed by atoms with Crippen LogP contribution in [0.3, 0.4) is 0 Å². The van der Waals surface area contributed by atoms with Crippen molar-refractivity contribution in [3.8, 4) is 0 Å². The minimum Gasteiger partial charge on any atom is -0.489 e. The second kappa shape index (κ2) is 4.16. The zero-order valence-corrected chi connectivity index (χ0v) is 7.88. The van der Waals surface area contributed by atoms with Gasteiger partial charge in [0.05, 0.1) is 12.1 Å². The van der Waals surface area contributed by atoms with E-state index < -0.39 is 0 Å². The lowest BCUT2D eigenvalue weighted by Crippen LogP contribution is -1.99. The summed E-state index contributed by atoms with van der Waals surface area (Å²) in [6, 6.07) is 0. The summed E-state index contributed by atoms with van der Waals surface area (Å²) in [6.45, 7) is 2.49. The summed E-state index contributed by atoms with van der Waals surface area (Å²) in [4.78, 5) is 4.09. The van der Waals surface area contributed by atoms with Crippen LogP contribution in [0.4, 0.5) is 0 Å². The normalized spacial score (nSPS) is 11.8. The lowest BCUT2D eigenvalue weighted by molar-refractivity contribution is 0.294. The molecular weight excluding hydrogens is 176 g/mol. The van der Waals surface area contributed by atoms with Crippen LogP contribution >= 0.6 is 11.6 Å². The molecule has 0 radical (unpaired) electrons. The highest BCUT2D eigenvalue weighted by Crippen LogP contribution is 2.13. The van der Waals surface area contributed by atoms with Crippen LogP contribution in [0, 0.1) is 0 Å². The highest BCUT2D eigenvalue weighted by atomic mass is 35.5. The number of hydrogen-bond acceptors (Lipinski definition) is 2. The van der Waals surface area contributed by atoms with E-state index in [0.717, 1.165) is 5.82 Å². The van der Waals surface area contributed by atoms with Gasteiger partial charge in [-0.15, -0.1) is 0 Å². The van der Waals surface area contributed by atoms with E-state index in [2.05, 4.69) is 4.98 Å². The van der Waals surface area contributed by atoms with Gasteiger partial charge in [-0.2, -0.15) is 0 Å². The molecular formula is C8H11ClN2O. The molecule has 0 unspecified atom stereocenters. The van der Waals surface area contributed by atoms with Crippen molar-refractivity contribution in [2.75, 3.05) is 6.61 Å². The molecule has 1 aromatic rings. The van der Waals surface area contributed by atoms with Crippen molar-refractivity contribution < 1.29 is 4.74 Å². The molecule has 0 saturated carbocycles. The summed E-state index contributed by atoms with van der Waals surface area (Å²) in [5, 5.41) is 0. The maximum atomic E-state index is 5.57. The molecule has 1 heterocycles. The van der Waals surface area contributed by atoms with Crippen LogP contribution in [0.15, 0.2) is 17.9 Å². The molecule has 12 heavy (non-hydrogen) atoms. The number of ether oxygens (including phenoxy) is 1. The average Bonchev–Trinajstić information content (AvgIpc) is 2.47. The molecule has 0 aliphatic rings. The van der Waals surface area contributed by atoms with Crippen LogP contribution in [0.5, 0.6) is 0 Å². The summed E-state index contributed by atoms with van der Waals surface area (Å²) < 4.78 is 7.11. The predicted octanol–water partition coefficient (Wildman–Crippen LogP) is 1.99. The SMILES string of the molecule is CCO/C(=C/Cl)c1nccn1C. The molecule has 0 bridgehead atoms. The zero-order chi connectivity index (χ0) is 8.97. The second-order valence-electron chi connectivity index (χ2n) is 2.27. The lowest BCUT2D eigenvalue weighted by Gasteiger charge is -2.06. The predicted molar refractivity (Wildman–Crippen MR) is 48.7 cm³/mol. The van der Waals surface area contributed by atoms with E-state index in [4.69, 9.17) is 16.3 Å². The first kappa shape index (κ1) is 9.13. The van der Waals surface area contributed by atoms with E-state index >= 15 is 0 Å². The van der Waals surface area contributed by atoms with Crippen LogP contribution in [-0.2, 0) is 11.8 Å². The number of nitrogens with zero attached hydrogens (tertiary/aromatic N) is 2. The minimum atomic E-state index is 0.589. The van der Waals surface area contributed by atoms with E-state index in [9.17, 15) is 0 Å². The number of aromatic nitrogens is 2. The van der Waals surface area contributed by atoms with Crippen molar-refractivity contribution in [3.05, 3.63) is 23.8 Å². The Kier molecular flexibility index (Phi) is 3.17. The molecule has 0 N–H and O–H groups in total. The topological polar surface area (TPSA) is 27.1 Å². The maximum absolute atomic E-state index is 5.57. The molecule has 0 spiro atoms.